The lowest BCUT2D eigenvalue weighted by Crippen LogP contribution is -2.05. The second-order valence-electron chi connectivity index (χ2n) is 4.64. The summed E-state index contributed by atoms with van der Waals surface area (Å²) in [4.78, 5) is 4.45. The molecule has 0 radical (unpaired) electrons. The number of nitrogens with one attached hydrogen (secondary N) is 1. The first-order valence-electron chi connectivity index (χ1n) is 6.39. The van der Waals surface area contributed by atoms with Gasteiger partial charge in [0.1, 0.15) is 11.6 Å². The Hall–Kier alpha value is -1.62. The SMILES string of the molecule is COc1cccc(CCNc2nc(C(C)C)ns2)c1. The number of aromatic nitrogens is 2. The predicted molar refractivity (Wildman–Crippen MR) is 79.2 cm³/mol. The van der Waals surface area contributed by atoms with Crippen LogP contribution in [0, 0.1) is 0 Å². The maximum atomic E-state index is 5.21. The van der Waals surface area contributed by atoms with E-state index >= 15 is 0 Å². The van der Waals surface area contributed by atoms with E-state index in [4.69, 9.17) is 4.74 Å². The van der Waals surface area contributed by atoms with Gasteiger partial charge in [0, 0.05) is 24.0 Å². The molecule has 0 aliphatic heterocycles. The van der Waals surface area contributed by atoms with Crippen LogP contribution in [0.2, 0.25) is 0 Å². The van der Waals surface area contributed by atoms with E-state index in [1.54, 1.807) is 7.11 Å². The summed E-state index contributed by atoms with van der Waals surface area (Å²) >= 11 is 1.42. The number of hydrogen-bond acceptors (Lipinski definition) is 5. The van der Waals surface area contributed by atoms with E-state index in [2.05, 4.69) is 40.7 Å². The summed E-state index contributed by atoms with van der Waals surface area (Å²) < 4.78 is 9.53. The van der Waals surface area contributed by atoms with Gasteiger partial charge in [0.05, 0.1) is 7.11 Å². The third-order valence-electron chi connectivity index (χ3n) is 2.78. The molecule has 4 nitrogen and oxygen atoms in total. The van der Waals surface area contributed by atoms with Crippen LogP contribution in [0.1, 0.15) is 31.2 Å². The summed E-state index contributed by atoms with van der Waals surface area (Å²) in [7, 11) is 1.69. The van der Waals surface area contributed by atoms with Gasteiger partial charge >= 0.3 is 0 Å². The van der Waals surface area contributed by atoms with Crippen molar-refractivity contribution in [3.05, 3.63) is 35.7 Å². The molecule has 0 spiro atoms. The minimum absolute atomic E-state index is 0.380. The minimum atomic E-state index is 0.380. The largest absolute Gasteiger partial charge is 0.497 e. The molecular weight excluding hydrogens is 258 g/mol. The Balaban J connectivity index is 1.85. The van der Waals surface area contributed by atoms with Crippen LogP contribution in [0.3, 0.4) is 0 Å². The average Bonchev–Trinajstić information content (AvgIpc) is 2.88. The molecule has 102 valence electrons. The Morgan fingerprint density at radius 3 is 2.89 bits per heavy atom. The van der Waals surface area contributed by atoms with Crippen LogP contribution in [0.25, 0.3) is 0 Å². The zero-order valence-corrected chi connectivity index (χ0v) is 12.3. The smallest absolute Gasteiger partial charge is 0.202 e. The number of methoxy groups -OCH3 is 1. The van der Waals surface area contributed by atoms with Gasteiger partial charge in [-0.3, -0.25) is 0 Å². The number of benzene rings is 1. The minimum Gasteiger partial charge on any atom is -0.497 e. The molecule has 0 saturated carbocycles. The third kappa shape index (κ3) is 3.92. The molecule has 0 atom stereocenters. The van der Waals surface area contributed by atoms with Crippen molar-refractivity contribution < 1.29 is 4.74 Å². The first kappa shape index (κ1) is 13.8. The van der Waals surface area contributed by atoms with Crippen molar-refractivity contribution in [2.75, 3.05) is 19.0 Å². The van der Waals surface area contributed by atoms with E-state index in [1.165, 1.54) is 17.1 Å². The number of hydrogen-bond donors (Lipinski definition) is 1. The van der Waals surface area contributed by atoms with Crippen molar-refractivity contribution in [3.8, 4) is 5.75 Å². The fourth-order valence-electron chi connectivity index (χ4n) is 1.68. The lowest BCUT2D eigenvalue weighted by Gasteiger charge is -2.05. The van der Waals surface area contributed by atoms with E-state index in [9.17, 15) is 0 Å². The molecule has 0 aliphatic rings. The number of nitrogens with zero attached hydrogens (tertiary/aromatic N) is 2. The molecule has 1 N–H and O–H groups in total. The van der Waals surface area contributed by atoms with Gasteiger partial charge in [-0.25, -0.2) is 4.98 Å². The van der Waals surface area contributed by atoms with Crippen LogP contribution in [0.15, 0.2) is 24.3 Å². The summed E-state index contributed by atoms with van der Waals surface area (Å²) in [5, 5.41) is 4.20. The highest BCUT2D eigenvalue weighted by molar-refractivity contribution is 7.09. The highest BCUT2D eigenvalue weighted by Gasteiger charge is 2.06. The first-order chi connectivity index (χ1) is 9.19. The van der Waals surface area contributed by atoms with E-state index in [0.717, 1.165) is 29.7 Å². The highest BCUT2D eigenvalue weighted by Crippen LogP contribution is 2.17. The first-order valence-corrected chi connectivity index (χ1v) is 7.17. The number of rotatable bonds is 6. The lowest BCUT2D eigenvalue weighted by atomic mass is 10.1. The molecule has 0 saturated heterocycles. The standard InChI is InChI=1S/C14H19N3OS/c1-10(2)13-16-14(19-17-13)15-8-7-11-5-4-6-12(9-11)18-3/h4-6,9-10H,7-8H2,1-3H3,(H,15,16,17). The molecule has 1 heterocycles. The fraction of sp³-hybridized carbons (Fsp3) is 0.429. The van der Waals surface area contributed by atoms with Crippen LogP contribution in [-0.2, 0) is 6.42 Å². The quantitative estimate of drug-likeness (QED) is 0.880. The Kier molecular flexibility index (Phi) is 4.74. The molecule has 1 aromatic heterocycles. The van der Waals surface area contributed by atoms with Crippen molar-refractivity contribution >= 4 is 16.7 Å². The second-order valence-corrected chi connectivity index (χ2v) is 5.39. The molecule has 0 bridgehead atoms. The molecule has 5 heteroatoms. The van der Waals surface area contributed by atoms with Crippen LogP contribution in [0.4, 0.5) is 5.13 Å². The van der Waals surface area contributed by atoms with Crippen molar-refractivity contribution in [1.82, 2.24) is 9.36 Å². The van der Waals surface area contributed by atoms with Crippen molar-refractivity contribution in [2.24, 2.45) is 0 Å². The molecular formula is C14H19N3OS. The van der Waals surface area contributed by atoms with Crippen molar-refractivity contribution in [1.29, 1.82) is 0 Å². The van der Waals surface area contributed by atoms with Gasteiger partial charge in [-0.2, -0.15) is 4.37 Å². The fourth-order valence-corrected chi connectivity index (χ4v) is 2.42. The number of anilines is 1. The summed E-state index contributed by atoms with van der Waals surface area (Å²) in [6, 6.07) is 8.12. The summed E-state index contributed by atoms with van der Waals surface area (Å²) in [6.45, 7) is 5.05. The van der Waals surface area contributed by atoms with Crippen LogP contribution < -0.4 is 10.1 Å². The zero-order valence-electron chi connectivity index (χ0n) is 11.5. The molecule has 0 amide bonds. The maximum absolute atomic E-state index is 5.21. The van der Waals surface area contributed by atoms with E-state index < -0.39 is 0 Å². The lowest BCUT2D eigenvalue weighted by molar-refractivity contribution is 0.414. The molecule has 2 rings (SSSR count). The monoisotopic (exact) mass is 277 g/mol. The molecule has 0 fully saturated rings. The van der Waals surface area contributed by atoms with E-state index in [0.29, 0.717) is 5.92 Å². The topological polar surface area (TPSA) is 47.0 Å². The normalized spacial score (nSPS) is 10.7. The average molecular weight is 277 g/mol. The van der Waals surface area contributed by atoms with Gasteiger partial charge < -0.3 is 10.1 Å². The van der Waals surface area contributed by atoms with Crippen LogP contribution in [0.5, 0.6) is 5.75 Å². The molecule has 1 aromatic carbocycles. The summed E-state index contributed by atoms with van der Waals surface area (Å²) in [6.07, 6.45) is 0.938. The van der Waals surface area contributed by atoms with E-state index in [1.807, 2.05) is 12.1 Å². The van der Waals surface area contributed by atoms with Gasteiger partial charge in [0.2, 0.25) is 5.13 Å². The van der Waals surface area contributed by atoms with Gasteiger partial charge in [-0.15, -0.1) is 0 Å². The van der Waals surface area contributed by atoms with Crippen LogP contribution in [-0.4, -0.2) is 23.0 Å². The highest BCUT2D eigenvalue weighted by atomic mass is 32.1. The van der Waals surface area contributed by atoms with Gasteiger partial charge in [0.25, 0.3) is 0 Å². The molecule has 0 aliphatic carbocycles. The Labute approximate surface area is 118 Å². The number of ether oxygens (including phenoxy) is 1. The molecule has 19 heavy (non-hydrogen) atoms. The van der Waals surface area contributed by atoms with Crippen LogP contribution >= 0.6 is 11.5 Å². The molecule has 2 aromatic rings. The zero-order chi connectivity index (χ0) is 13.7. The Bertz CT molecular complexity index is 525. The van der Waals surface area contributed by atoms with Gasteiger partial charge in [0.15, 0.2) is 0 Å². The second kappa shape index (κ2) is 6.52. The Morgan fingerprint density at radius 2 is 2.21 bits per heavy atom. The summed E-state index contributed by atoms with van der Waals surface area (Å²) in [5.74, 6) is 2.19. The summed E-state index contributed by atoms with van der Waals surface area (Å²) in [5.41, 5.74) is 1.25. The third-order valence-corrected chi connectivity index (χ3v) is 3.47. The predicted octanol–water partition coefficient (Wildman–Crippen LogP) is 3.32. The van der Waals surface area contributed by atoms with E-state index in [-0.39, 0.29) is 0 Å². The Morgan fingerprint density at radius 1 is 1.37 bits per heavy atom. The van der Waals surface area contributed by atoms with Crippen molar-refractivity contribution in [3.63, 3.8) is 0 Å². The van der Waals surface area contributed by atoms with Gasteiger partial charge in [-0.1, -0.05) is 26.0 Å². The van der Waals surface area contributed by atoms with Gasteiger partial charge in [-0.05, 0) is 24.1 Å². The molecule has 0 unspecified atom stereocenters. The van der Waals surface area contributed by atoms with Crippen molar-refractivity contribution in [2.45, 2.75) is 26.2 Å². The maximum Gasteiger partial charge on any atom is 0.202 e.